The molecule has 0 aromatic heterocycles. The summed E-state index contributed by atoms with van der Waals surface area (Å²) in [4.78, 5) is 12.3. The van der Waals surface area contributed by atoms with Crippen molar-refractivity contribution in [2.45, 2.75) is 31.8 Å². The Morgan fingerprint density at radius 3 is 2.72 bits per heavy atom. The number of hydrogen-bond donors (Lipinski definition) is 2. The number of benzene rings is 1. The molecular weight excluding hydrogens is 367 g/mol. The second kappa shape index (κ2) is 9.48. The Kier molecular flexibility index (Phi) is 7.62. The van der Waals surface area contributed by atoms with E-state index < -0.39 is 6.04 Å². The molecule has 1 unspecified atom stereocenters. The van der Waals surface area contributed by atoms with Crippen LogP contribution >= 0.6 is 24.0 Å². The van der Waals surface area contributed by atoms with Crippen LogP contribution in [0.2, 0.25) is 5.02 Å². The highest BCUT2D eigenvalue weighted by Gasteiger charge is 2.26. The van der Waals surface area contributed by atoms with E-state index in [0.29, 0.717) is 49.5 Å². The third kappa shape index (κ3) is 5.14. The Balaban J connectivity index is 0.00000225. The number of hydrogen-bond acceptors (Lipinski definition) is 5. The van der Waals surface area contributed by atoms with Gasteiger partial charge in [-0.2, -0.15) is 0 Å². The fraction of sp³-hybridized carbons (Fsp3) is 0.588. The summed E-state index contributed by atoms with van der Waals surface area (Å²) in [5, 5.41) is 3.38. The molecule has 8 heteroatoms. The molecular formula is C17H24Cl2N2O4. The number of halogens is 2. The van der Waals surface area contributed by atoms with Crippen molar-refractivity contribution in [3.05, 3.63) is 22.7 Å². The van der Waals surface area contributed by atoms with Gasteiger partial charge in [0.1, 0.15) is 0 Å². The molecule has 0 bridgehead atoms. The van der Waals surface area contributed by atoms with E-state index in [1.165, 1.54) is 0 Å². The van der Waals surface area contributed by atoms with Gasteiger partial charge in [-0.25, -0.2) is 0 Å². The maximum Gasteiger partial charge on any atom is 0.237 e. The SMILES string of the molecule is Cl.NC(C(=O)NCc1cc(Cl)c2c(c1)OCCCO2)C1CCOCC1. The molecule has 1 atom stereocenters. The summed E-state index contributed by atoms with van der Waals surface area (Å²) in [6.45, 7) is 2.87. The topological polar surface area (TPSA) is 82.8 Å². The monoisotopic (exact) mass is 390 g/mol. The van der Waals surface area contributed by atoms with E-state index >= 15 is 0 Å². The third-order valence-electron chi connectivity index (χ3n) is 4.41. The fourth-order valence-corrected chi connectivity index (χ4v) is 3.27. The van der Waals surface area contributed by atoms with Crippen molar-refractivity contribution in [2.75, 3.05) is 26.4 Å². The minimum atomic E-state index is -0.509. The summed E-state index contributed by atoms with van der Waals surface area (Å²) < 4.78 is 16.6. The van der Waals surface area contributed by atoms with E-state index in [0.717, 1.165) is 24.8 Å². The number of nitrogens with one attached hydrogen (secondary N) is 1. The molecule has 2 aliphatic heterocycles. The summed E-state index contributed by atoms with van der Waals surface area (Å²) >= 11 is 6.26. The van der Waals surface area contributed by atoms with Crippen molar-refractivity contribution in [2.24, 2.45) is 11.7 Å². The maximum absolute atomic E-state index is 12.3. The molecule has 3 rings (SSSR count). The van der Waals surface area contributed by atoms with Gasteiger partial charge in [0.25, 0.3) is 0 Å². The van der Waals surface area contributed by atoms with Gasteiger partial charge in [-0.3, -0.25) is 4.79 Å². The van der Waals surface area contributed by atoms with Crippen molar-refractivity contribution in [1.29, 1.82) is 0 Å². The number of nitrogens with two attached hydrogens (primary N) is 1. The highest BCUT2D eigenvalue weighted by Crippen LogP contribution is 2.37. The number of carbonyl (C=O) groups is 1. The van der Waals surface area contributed by atoms with E-state index in [4.69, 9.17) is 31.5 Å². The van der Waals surface area contributed by atoms with E-state index in [9.17, 15) is 4.79 Å². The average Bonchev–Trinajstić information content (AvgIpc) is 2.85. The Morgan fingerprint density at radius 2 is 1.96 bits per heavy atom. The van der Waals surface area contributed by atoms with Crippen LogP contribution in [0.25, 0.3) is 0 Å². The molecule has 3 N–H and O–H groups in total. The highest BCUT2D eigenvalue weighted by molar-refractivity contribution is 6.32. The molecule has 140 valence electrons. The Hall–Kier alpha value is -1.21. The molecule has 0 spiro atoms. The van der Waals surface area contributed by atoms with Gasteiger partial charge in [0.15, 0.2) is 11.5 Å². The van der Waals surface area contributed by atoms with E-state index in [2.05, 4.69) is 5.32 Å². The predicted octanol–water partition coefficient (Wildman–Crippen LogP) is 2.29. The van der Waals surface area contributed by atoms with Crippen LogP contribution in [-0.2, 0) is 16.1 Å². The molecule has 1 amide bonds. The van der Waals surface area contributed by atoms with E-state index in [-0.39, 0.29) is 24.2 Å². The Labute approximate surface area is 158 Å². The molecule has 1 fully saturated rings. The Morgan fingerprint density at radius 1 is 1.24 bits per heavy atom. The zero-order valence-corrected chi connectivity index (χ0v) is 15.5. The second-order valence-corrected chi connectivity index (χ2v) is 6.56. The first-order chi connectivity index (χ1) is 11.6. The first kappa shape index (κ1) is 20.1. The summed E-state index contributed by atoms with van der Waals surface area (Å²) in [7, 11) is 0. The number of rotatable bonds is 4. The van der Waals surface area contributed by atoms with Gasteiger partial charge in [-0.05, 0) is 36.5 Å². The molecule has 0 aliphatic carbocycles. The average molecular weight is 391 g/mol. The molecule has 1 aromatic rings. The minimum absolute atomic E-state index is 0. The minimum Gasteiger partial charge on any atom is -0.489 e. The van der Waals surface area contributed by atoms with Crippen LogP contribution < -0.4 is 20.5 Å². The highest BCUT2D eigenvalue weighted by atomic mass is 35.5. The fourth-order valence-electron chi connectivity index (χ4n) is 2.98. The number of ether oxygens (including phenoxy) is 3. The lowest BCUT2D eigenvalue weighted by atomic mass is 9.92. The van der Waals surface area contributed by atoms with Crippen molar-refractivity contribution in [3.63, 3.8) is 0 Å². The summed E-state index contributed by atoms with van der Waals surface area (Å²) in [6.07, 6.45) is 2.46. The van der Waals surface area contributed by atoms with Crippen molar-refractivity contribution >= 4 is 29.9 Å². The van der Waals surface area contributed by atoms with E-state index in [1.54, 1.807) is 6.07 Å². The van der Waals surface area contributed by atoms with Crippen molar-refractivity contribution < 1.29 is 19.0 Å². The lowest BCUT2D eigenvalue weighted by Gasteiger charge is -2.26. The van der Waals surface area contributed by atoms with Gasteiger partial charge < -0.3 is 25.3 Å². The molecule has 25 heavy (non-hydrogen) atoms. The molecule has 1 saturated heterocycles. The quantitative estimate of drug-likeness (QED) is 0.823. The normalized spacial score (nSPS) is 18.6. The molecule has 0 saturated carbocycles. The zero-order valence-electron chi connectivity index (χ0n) is 14.0. The van der Waals surface area contributed by atoms with Crippen LogP contribution in [0.5, 0.6) is 11.5 Å². The number of fused-ring (bicyclic) bond motifs is 1. The lowest BCUT2D eigenvalue weighted by molar-refractivity contribution is -0.124. The zero-order chi connectivity index (χ0) is 16.9. The standard InChI is InChI=1S/C17H23ClN2O4.ClH/c18-13-8-11(9-14-16(13)24-5-1-4-23-14)10-20-17(21)15(19)12-2-6-22-7-3-12;/h8-9,12,15H,1-7,10,19H2,(H,20,21);1H. The Bertz CT molecular complexity index is 594. The van der Waals surface area contributed by atoms with Crippen LogP contribution in [-0.4, -0.2) is 38.4 Å². The van der Waals surface area contributed by atoms with Gasteiger partial charge in [0, 0.05) is 26.2 Å². The third-order valence-corrected chi connectivity index (χ3v) is 4.69. The first-order valence-corrected chi connectivity index (χ1v) is 8.72. The van der Waals surface area contributed by atoms with Crippen LogP contribution in [0.1, 0.15) is 24.8 Å². The predicted molar refractivity (Wildman–Crippen MR) is 97.7 cm³/mol. The molecule has 2 heterocycles. The maximum atomic E-state index is 12.3. The van der Waals surface area contributed by atoms with Gasteiger partial charge in [-0.1, -0.05) is 11.6 Å². The second-order valence-electron chi connectivity index (χ2n) is 6.15. The lowest BCUT2D eigenvalue weighted by Crippen LogP contribution is -2.46. The van der Waals surface area contributed by atoms with Crippen LogP contribution in [0.3, 0.4) is 0 Å². The van der Waals surface area contributed by atoms with Crippen LogP contribution in [0.4, 0.5) is 0 Å². The van der Waals surface area contributed by atoms with Crippen LogP contribution in [0.15, 0.2) is 12.1 Å². The molecule has 1 aromatic carbocycles. The van der Waals surface area contributed by atoms with Crippen LogP contribution in [0, 0.1) is 5.92 Å². The number of amides is 1. The number of carbonyl (C=O) groups excluding carboxylic acids is 1. The van der Waals surface area contributed by atoms with Gasteiger partial charge in [0.2, 0.25) is 5.91 Å². The largest absolute Gasteiger partial charge is 0.489 e. The van der Waals surface area contributed by atoms with E-state index in [1.807, 2.05) is 6.07 Å². The van der Waals surface area contributed by atoms with Crippen molar-refractivity contribution in [3.8, 4) is 11.5 Å². The van der Waals surface area contributed by atoms with Gasteiger partial charge >= 0.3 is 0 Å². The first-order valence-electron chi connectivity index (χ1n) is 8.34. The van der Waals surface area contributed by atoms with Gasteiger partial charge in [0.05, 0.1) is 24.3 Å². The molecule has 6 nitrogen and oxygen atoms in total. The molecule has 0 radical (unpaired) electrons. The summed E-state index contributed by atoms with van der Waals surface area (Å²) in [5.74, 6) is 1.22. The molecule has 2 aliphatic rings. The summed E-state index contributed by atoms with van der Waals surface area (Å²) in [5.41, 5.74) is 6.94. The van der Waals surface area contributed by atoms with Gasteiger partial charge in [-0.15, -0.1) is 12.4 Å². The smallest absolute Gasteiger partial charge is 0.237 e. The summed E-state index contributed by atoms with van der Waals surface area (Å²) in [6, 6.07) is 3.13. The van der Waals surface area contributed by atoms with Crippen molar-refractivity contribution in [1.82, 2.24) is 5.32 Å².